The number of anilines is 1. The van der Waals surface area contributed by atoms with E-state index in [1.165, 1.54) is 6.07 Å². The van der Waals surface area contributed by atoms with E-state index in [0.717, 1.165) is 22.3 Å². The van der Waals surface area contributed by atoms with Crippen molar-refractivity contribution in [1.29, 1.82) is 5.41 Å². The van der Waals surface area contributed by atoms with Gasteiger partial charge in [-0.3, -0.25) is 0 Å². The SMILES string of the molecule is C/C=C/C(=N)c1ccc(C2=C(c3ccc(F)c(Cl)c3)CC=CC=C2)cc1N. The molecule has 2 aromatic carbocycles. The summed E-state index contributed by atoms with van der Waals surface area (Å²) in [6.07, 6.45) is 12.2. The minimum atomic E-state index is -0.432. The summed E-state index contributed by atoms with van der Waals surface area (Å²) in [5.74, 6) is -0.432. The highest BCUT2D eigenvalue weighted by atomic mass is 35.5. The first-order valence-electron chi connectivity index (χ1n) is 8.64. The van der Waals surface area contributed by atoms with E-state index in [9.17, 15) is 4.39 Å². The largest absolute Gasteiger partial charge is 0.398 e. The molecule has 1 aliphatic rings. The van der Waals surface area contributed by atoms with Gasteiger partial charge in [-0.1, -0.05) is 60.2 Å². The summed E-state index contributed by atoms with van der Waals surface area (Å²) in [6.45, 7) is 1.87. The molecular formula is C23H20ClFN2. The summed E-state index contributed by atoms with van der Waals surface area (Å²) in [4.78, 5) is 0. The van der Waals surface area contributed by atoms with Crippen LogP contribution in [0.15, 0.2) is 72.9 Å². The van der Waals surface area contributed by atoms with Crippen LogP contribution < -0.4 is 5.73 Å². The molecule has 3 rings (SSSR count). The van der Waals surface area contributed by atoms with Crippen LogP contribution in [0.2, 0.25) is 5.02 Å². The lowest BCUT2D eigenvalue weighted by atomic mass is 9.91. The molecule has 0 unspecified atom stereocenters. The molecule has 0 saturated heterocycles. The maximum atomic E-state index is 13.6. The normalized spacial score (nSPS) is 14.0. The Morgan fingerprint density at radius 1 is 1.15 bits per heavy atom. The van der Waals surface area contributed by atoms with Gasteiger partial charge in [0.25, 0.3) is 0 Å². The van der Waals surface area contributed by atoms with Crippen molar-refractivity contribution in [3.63, 3.8) is 0 Å². The molecule has 0 saturated carbocycles. The molecule has 0 radical (unpaired) electrons. The molecule has 0 heterocycles. The quantitative estimate of drug-likeness (QED) is 0.467. The average Bonchev–Trinajstić information content (AvgIpc) is 2.90. The number of nitrogens with one attached hydrogen (secondary N) is 1. The van der Waals surface area contributed by atoms with E-state index in [4.69, 9.17) is 22.7 Å². The second-order valence-corrected chi connectivity index (χ2v) is 6.64. The number of hydrogen-bond donors (Lipinski definition) is 2. The topological polar surface area (TPSA) is 49.9 Å². The highest BCUT2D eigenvalue weighted by molar-refractivity contribution is 6.31. The molecule has 2 nitrogen and oxygen atoms in total. The molecule has 1 aliphatic carbocycles. The molecule has 0 aliphatic heterocycles. The van der Waals surface area contributed by atoms with Gasteiger partial charge in [-0.15, -0.1) is 0 Å². The summed E-state index contributed by atoms with van der Waals surface area (Å²) in [5, 5.41) is 8.19. The van der Waals surface area contributed by atoms with Gasteiger partial charge >= 0.3 is 0 Å². The summed E-state index contributed by atoms with van der Waals surface area (Å²) in [7, 11) is 0. The lowest BCUT2D eigenvalue weighted by Crippen LogP contribution is -2.02. The van der Waals surface area contributed by atoms with Crippen LogP contribution in [0.3, 0.4) is 0 Å². The monoisotopic (exact) mass is 378 g/mol. The van der Waals surface area contributed by atoms with Crippen molar-refractivity contribution in [2.24, 2.45) is 0 Å². The van der Waals surface area contributed by atoms with Crippen molar-refractivity contribution in [2.45, 2.75) is 13.3 Å². The van der Waals surface area contributed by atoms with Gasteiger partial charge in [0, 0.05) is 11.3 Å². The van der Waals surface area contributed by atoms with Gasteiger partial charge in [0.15, 0.2) is 0 Å². The van der Waals surface area contributed by atoms with Gasteiger partial charge in [0.2, 0.25) is 0 Å². The second kappa shape index (κ2) is 8.19. The minimum absolute atomic E-state index is 0.103. The Morgan fingerprint density at radius 2 is 1.93 bits per heavy atom. The average molecular weight is 379 g/mol. The van der Waals surface area contributed by atoms with Crippen LogP contribution in [-0.4, -0.2) is 5.71 Å². The van der Waals surface area contributed by atoms with E-state index < -0.39 is 5.82 Å². The molecule has 0 amide bonds. The number of hydrogen-bond acceptors (Lipinski definition) is 2. The summed E-state index contributed by atoms with van der Waals surface area (Å²) >= 11 is 5.99. The molecule has 2 aromatic rings. The highest BCUT2D eigenvalue weighted by Crippen LogP contribution is 2.34. The van der Waals surface area contributed by atoms with Gasteiger partial charge < -0.3 is 11.1 Å². The Bertz CT molecular complexity index is 1010. The van der Waals surface area contributed by atoms with E-state index >= 15 is 0 Å². The van der Waals surface area contributed by atoms with Gasteiger partial charge in [-0.25, -0.2) is 4.39 Å². The summed E-state index contributed by atoms with van der Waals surface area (Å²) < 4.78 is 13.6. The molecule has 0 bridgehead atoms. The number of halogens is 2. The van der Waals surface area contributed by atoms with Crippen molar-refractivity contribution in [2.75, 3.05) is 5.73 Å². The van der Waals surface area contributed by atoms with Crippen LogP contribution in [0.25, 0.3) is 11.1 Å². The predicted octanol–water partition coefficient (Wildman–Crippen LogP) is 6.43. The second-order valence-electron chi connectivity index (χ2n) is 6.23. The van der Waals surface area contributed by atoms with Crippen molar-refractivity contribution in [3.8, 4) is 0 Å². The standard InChI is InChI=1S/C23H20ClFN2/c1-2-6-22(26)19-11-9-16(14-23(19)27)18-8-5-3-4-7-17(18)15-10-12-21(25)20(24)13-15/h2-6,8-14,26H,7,27H2,1H3/b6-2+,26-22?. The van der Waals surface area contributed by atoms with E-state index in [1.807, 2.05) is 49.4 Å². The third-order valence-electron chi connectivity index (χ3n) is 4.41. The smallest absolute Gasteiger partial charge is 0.141 e. The predicted molar refractivity (Wildman–Crippen MR) is 114 cm³/mol. The molecule has 0 fully saturated rings. The van der Waals surface area contributed by atoms with E-state index in [2.05, 4.69) is 6.08 Å². The minimum Gasteiger partial charge on any atom is -0.398 e. The number of nitrogens with two attached hydrogens (primary N) is 1. The number of rotatable bonds is 4. The van der Waals surface area contributed by atoms with Gasteiger partial charge in [0.05, 0.1) is 10.7 Å². The van der Waals surface area contributed by atoms with E-state index in [1.54, 1.807) is 18.2 Å². The van der Waals surface area contributed by atoms with E-state index in [0.29, 0.717) is 23.4 Å². The van der Waals surface area contributed by atoms with Crippen LogP contribution in [0.5, 0.6) is 0 Å². The Kier molecular flexibility index (Phi) is 5.72. The molecular weight excluding hydrogens is 359 g/mol. The van der Waals surface area contributed by atoms with Crippen molar-refractivity contribution in [3.05, 3.63) is 100 Å². The molecule has 136 valence electrons. The zero-order chi connectivity index (χ0) is 19.4. The number of benzene rings is 2. The lowest BCUT2D eigenvalue weighted by Gasteiger charge is -2.14. The van der Waals surface area contributed by atoms with Crippen LogP contribution in [-0.2, 0) is 0 Å². The van der Waals surface area contributed by atoms with E-state index in [-0.39, 0.29) is 5.02 Å². The molecule has 27 heavy (non-hydrogen) atoms. The molecule has 0 spiro atoms. The fourth-order valence-electron chi connectivity index (χ4n) is 3.09. The van der Waals surface area contributed by atoms with Crippen LogP contribution >= 0.6 is 11.6 Å². The molecule has 0 atom stereocenters. The first-order valence-corrected chi connectivity index (χ1v) is 9.02. The Balaban J connectivity index is 2.13. The third kappa shape index (κ3) is 4.09. The Morgan fingerprint density at radius 3 is 2.63 bits per heavy atom. The van der Waals surface area contributed by atoms with Crippen LogP contribution in [0.1, 0.15) is 30.0 Å². The molecule has 3 N–H and O–H groups in total. The molecule has 4 heteroatoms. The van der Waals surface area contributed by atoms with Gasteiger partial charge in [-0.2, -0.15) is 0 Å². The maximum absolute atomic E-state index is 13.6. The summed E-state index contributed by atoms with van der Waals surface area (Å²) in [5.41, 5.74) is 11.7. The third-order valence-corrected chi connectivity index (χ3v) is 4.70. The van der Waals surface area contributed by atoms with Crippen LogP contribution in [0, 0.1) is 11.2 Å². The van der Waals surface area contributed by atoms with Gasteiger partial charge in [-0.05, 0) is 59.9 Å². The van der Waals surface area contributed by atoms with Crippen LogP contribution in [0.4, 0.5) is 10.1 Å². The first kappa shape index (κ1) is 18.9. The molecule has 0 aromatic heterocycles. The zero-order valence-electron chi connectivity index (χ0n) is 15.0. The fraction of sp³-hybridized carbons (Fsp3) is 0.0870. The van der Waals surface area contributed by atoms with Crippen molar-refractivity contribution in [1.82, 2.24) is 0 Å². The lowest BCUT2D eigenvalue weighted by molar-refractivity contribution is 0.628. The Hall–Kier alpha value is -2.91. The number of nitrogen functional groups attached to an aromatic ring is 1. The zero-order valence-corrected chi connectivity index (χ0v) is 15.7. The maximum Gasteiger partial charge on any atom is 0.141 e. The highest BCUT2D eigenvalue weighted by Gasteiger charge is 2.14. The Labute approximate surface area is 163 Å². The van der Waals surface area contributed by atoms with Gasteiger partial charge in [0.1, 0.15) is 5.82 Å². The fourth-order valence-corrected chi connectivity index (χ4v) is 3.27. The van der Waals surface area contributed by atoms with Crippen molar-refractivity contribution >= 4 is 34.1 Å². The number of allylic oxidation sites excluding steroid dienone is 8. The first-order chi connectivity index (χ1) is 13.0. The summed E-state index contributed by atoms with van der Waals surface area (Å²) in [6, 6.07) is 10.5. The van der Waals surface area contributed by atoms with Crippen molar-refractivity contribution < 1.29 is 4.39 Å².